The number of rotatable bonds is 9. The zero-order valence-electron chi connectivity index (χ0n) is 17.4. The average Bonchev–Trinajstić information content (AvgIpc) is 3.35. The number of aromatic nitrogens is 2. The van der Waals surface area contributed by atoms with Crippen molar-refractivity contribution in [2.75, 3.05) is 39.5 Å². The van der Waals surface area contributed by atoms with Crippen LogP contribution in [0.25, 0.3) is 21.5 Å². The number of benzene rings is 1. The highest BCUT2D eigenvalue weighted by Crippen LogP contribution is 2.37. The van der Waals surface area contributed by atoms with Gasteiger partial charge in [0.25, 0.3) is 0 Å². The van der Waals surface area contributed by atoms with E-state index in [2.05, 4.69) is 22.2 Å². The van der Waals surface area contributed by atoms with Gasteiger partial charge in [0, 0.05) is 61.9 Å². The minimum atomic E-state index is 0. The van der Waals surface area contributed by atoms with Crippen LogP contribution in [0.3, 0.4) is 0 Å². The van der Waals surface area contributed by atoms with Gasteiger partial charge in [-0.05, 0) is 24.8 Å². The van der Waals surface area contributed by atoms with Crippen molar-refractivity contribution in [1.29, 1.82) is 0 Å². The number of aliphatic hydroxyl groups excluding tert-OH is 2. The van der Waals surface area contributed by atoms with E-state index in [1.807, 2.05) is 17.0 Å². The van der Waals surface area contributed by atoms with Crippen molar-refractivity contribution >= 4 is 46.2 Å². The van der Waals surface area contributed by atoms with Crippen molar-refractivity contribution in [3.8, 4) is 10.6 Å². The molecule has 0 radical (unpaired) electrons. The summed E-state index contributed by atoms with van der Waals surface area (Å²) in [6.07, 6.45) is 4.34. The summed E-state index contributed by atoms with van der Waals surface area (Å²) < 4.78 is 7.80. The fraction of sp³-hybridized carbons (Fsp3) is 0.500. The number of ether oxygens (including phenoxy) is 1. The lowest BCUT2D eigenvalue weighted by Crippen LogP contribution is -2.29. The van der Waals surface area contributed by atoms with Gasteiger partial charge in [0.1, 0.15) is 5.01 Å². The third kappa shape index (κ3) is 5.79. The van der Waals surface area contributed by atoms with Gasteiger partial charge in [0.05, 0.1) is 29.4 Å². The zero-order chi connectivity index (χ0) is 20.9. The SMILES string of the molecule is Cl.OCCN(CCO)Cc1csc(-c2cn(CC3CCOCC3)c3c(Cl)cccc23)n1. The summed E-state index contributed by atoms with van der Waals surface area (Å²) in [7, 11) is 0. The van der Waals surface area contributed by atoms with Gasteiger partial charge in [0.15, 0.2) is 0 Å². The molecule has 1 aliphatic heterocycles. The minimum absolute atomic E-state index is 0. The zero-order valence-corrected chi connectivity index (χ0v) is 19.8. The van der Waals surface area contributed by atoms with Crippen molar-refractivity contribution in [3.05, 3.63) is 40.5 Å². The Balaban J connectivity index is 0.00000272. The first-order valence-corrected chi connectivity index (χ1v) is 11.7. The fourth-order valence-electron chi connectivity index (χ4n) is 4.12. The van der Waals surface area contributed by atoms with Gasteiger partial charge in [-0.1, -0.05) is 23.7 Å². The maximum absolute atomic E-state index is 9.24. The largest absolute Gasteiger partial charge is 0.395 e. The number of hydrogen-bond acceptors (Lipinski definition) is 6. The third-order valence-corrected chi connectivity index (χ3v) is 6.87. The second-order valence-electron chi connectivity index (χ2n) is 7.75. The molecule has 6 nitrogen and oxygen atoms in total. The maximum atomic E-state index is 9.24. The lowest BCUT2D eigenvalue weighted by molar-refractivity contribution is 0.0616. The molecule has 4 rings (SSSR count). The lowest BCUT2D eigenvalue weighted by atomic mass is 10.0. The molecule has 0 aliphatic carbocycles. The quantitative estimate of drug-likeness (QED) is 0.478. The van der Waals surface area contributed by atoms with Crippen molar-refractivity contribution in [2.24, 2.45) is 5.92 Å². The van der Waals surface area contributed by atoms with Crippen molar-refractivity contribution < 1.29 is 14.9 Å². The Bertz CT molecular complexity index is 966. The molecule has 1 saturated heterocycles. The summed E-state index contributed by atoms with van der Waals surface area (Å²) in [5, 5.41) is 23.4. The molecule has 9 heteroatoms. The molecule has 3 heterocycles. The van der Waals surface area contributed by atoms with E-state index in [1.54, 1.807) is 11.3 Å². The Morgan fingerprint density at radius 1 is 1.19 bits per heavy atom. The summed E-state index contributed by atoms with van der Waals surface area (Å²) in [5.74, 6) is 0.593. The summed E-state index contributed by atoms with van der Waals surface area (Å²) in [5.41, 5.74) is 3.12. The van der Waals surface area contributed by atoms with E-state index in [0.717, 1.165) is 64.8 Å². The first kappa shape index (κ1) is 24.5. The van der Waals surface area contributed by atoms with Crippen LogP contribution in [0.15, 0.2) is 29.8 Å². The van der Waals surface area contributed by atoms with Crippen molar-refractivity contribution in [1.82, 2.24) is 14.5 Å². The highest BCUT2D eigenvalue weighted by atomic mass is 35.5. The maximum Gasteiger partial charge on any atom is 0.125 e. The van der Waals surface area contributed by atoms with E-state index in [9.17, 15) is 10.2 Å². The molecule has 2 N–H and O–H groups in total. The van der Waals surface area contributed by atoms with E-state index in [0.29, 0.717) is 25.6 Å². The summed E-state index contributed by atoms with van der Waals surface area (Å²) in [6, 6.07) is 6.05. The number of halogens is 2. The molecule has 0 saturated carbocycles. The molecule has 0 spiro atoms. The van der Waals surface area contributed by atoms with Crippen LogP contribution in [-0.2, 0) is 17.8 Å². The molecular weight excluding hydrogens is 457 g/mol. The van der Waals surface area contributed by atoms with E-state index < -0.39 is 0 Å². The molecule has 1 aliphatic rings. The number of nitrogens with zero attached hydrogens (tertiary/aromatic N) is 3. The standard InChI is InChI=1S/C22H28ClN3O3S.ClH/c23-20-3-1-2-18-19(14-26(21(18)20)12-16-4-10-29-11-5-16)22-24-17(15-30-22)13-25(6-8-27)7-9-28;/h1-3,14-16,27-28H,4-13H2;1H. The number of thiazole rings is 1. The molecule has 170 valence electrons. The predicted octanol–water partition coefficient (Wildman–Crippen LogP) is 4.05. The molecule has 31 heavy (non-hydrogen) atoms. The molecule has 1 aromatic carbocycles. The summed E-state index contributed by atoms with van der Waals surface area (Å²) in [6.45, 7) is 4.38. The minimum Gasteiger partial charge on any atom is -0.395 e. The smallest absolute Gasteiger partial charge is 0.125 e. The lowest BCUT2D eigenvalue weighted by Gasteiger charge is -2.23. The van der Waals surface area contributed by atoms with Crippen LogP contribution >= 0.6 is 35.3 Å². The van der Waals surface area contributed by atoms with Gasteiger partial charge in [-0.25, -0.2) is 4.98 Å². The molecule has 0 atom stereocenters. The molecule has 0 amide bonds. The number of para-hydroxylation sites is 1. The van der Waals surface area contributed by atoms with Crippen LogP contribution in [0.4, 0.5) is 0 Å². The predicted molar refractivity (Wildman–Crippen MR) is 128 cm³/mol. The van der Waals surface area contributed by atoms with E-state index in [-0.39, 0.29) is 25.6 Å². The molecule has 0 bridgehead atoms. The van der Waals surface area contributed by atoms with Crippen LogP contribution < -0.4 is 0 Å². The third-order valence-electron chi connectivity index (χ3n) is 5.65. The van der Waals surface area contributed by atoms with Crippen LogP contribution in [0.2, 0.25) is 5.02 Å². The second kappa shape index (κ2) is 11.6. The summed E-state index contributed by atoms with van der Waals surface area (Å²) >= 11 is 8.23. The Morgan fingerprint density at radius 3 is 2.65 bits per heavy atom. The first-order chi connectivity index (χ1) is 14.7. The monoisotopic (exact) mass is 485 g/mol. The Hall–Kier alpha value is -1.19. The number of hydrogen-bond donors (Lipinski definition) is 2. The van der Waals surface area contributed by atoms with Crippen LogP contribution in [0.1, 0.15) is 18.5 Å². The number of fused-ring (bicyclic) bond motifs is 1. The first-order valence-electron chi connectivity index (χ1n) is 10.4. The van der Waals surface area contributed by atoms with Gasteiger partial charge in [-0.3, -0.25) is 4.90 Å². The molecule has 0 unspecified atom stereocenters. The molecule has 2 aromatic heterocycles. The van der Waals surface area contributed by atoms with E-state index >= 15 is 0 Å². The molecule has 3 aromatic rings. The second-order valence-corrected chi connectivity index (χ2v) is 9.02. The van der Waals surface area contributed by atoms with Gasteiger partial charge < -0.3 is 19.5 Å². The number of aliphatic hydroxyl groups is 2. The highest BCUT2D eigenvalue weighted by molar-refractivity contribution is 7.13. The van der Waals surface area contributed by atoms with E-state index in [4.69, 9.17) is 21.3 Å². The van der Waals surface area contributed by atoms with Gasteiger partial charge >= 0.3 is 0 Å². The molecule has 1 fully saturated rings. The van der Waals surface area contributed by atoms with Crippen LogP contribution in [-0.4, -0.2) is 64.2 Å². The van der Waals surface area contributed by atoms with Crippen molar-refractivity contribution in [2.45, 2.75) is 25.9 Å². The Labute approximate surface area is 197 Å². The van der Waals surface area contributed by atoms with Gasteiger partial charge in [-0.2, -0.15) is 0 Å². The van der Waals surface area contributed by atoms with Gasteiger partial charge in [0.2, 0.25) is 0 Å². The van der Waals surface area contributed by atoms with Gasteiger partial charge in [-0.15, -0.1) is 23.7 Å². The van der Waals surface area contributed by atoms with Crippen LogP contribution in [0.5, 0.6) is 0 Å². The summed E-state index contributed by atoms with van der Waals surface area (Å²) in [4.78, 5) is 6.87. The topological polar surface area (TPSA) is 70.8 Å². The highest BCUT2D eigenvalue weighted by Gasteiger charge is 2.20. The Morgan fingerprint density at radius 2 is 1.94 bits per heavy atom. The van der Waals surface area contributed by atoms with Crippen molar-refractivity contribution in [3.63, 3.8) is 0 Å². The van der Waals surface area contributed by atoms with Crippen LogP contribution in [0, 0.1) is 5.92 Å². The normalized spacial score (nSPS) is 15.0. The fourth-order valence-corrected chi connectivity index (χ4v) is 5.24. The average molecular weight is 486 g/mol. The Kier molecular flexibility index (Phi) is 9.16. The molecular formula is C22H29Cl2N3O3S. The van der Waals surface area contributed by atoms with E-state index in [1.165, 1.54) is 0 Å².